The van der Waals surface area contributed by atoms with Crippen molar-refractivity contribution >= 4 is 28.9 Å². The number of amides is 1. The molecule has 1 aromatic heterocycles. The van der Waals surface area contributed by atoms with Gasteiger partial charge in [-0.2, -0.15) is 0 Å². The lowest BCUT2D eigenvalue weighted by Crippen LogP contribution is -2.09. The summed E-state index contributed by atoms with van der Waals surface area (Å²) in [5.74, 6) is 1.09. The minimum absolute atomic E-state index is 0.0997. The highest BCUT2D eigenvalue weighted by molar-refractivity contribution is 6.33. The molecule has 0 aliphatic carbocycles. The number of rotatable bonds is 5. The average molecular weight is 356 g/mol. The molecule has 0 saturated carbocycles. The SMILES string of the molecule is CC(=O)Nc1cccc(NCc2ncc(-c3ccccc3Cl)o2)c1C. The number of benzene rings is 2. The summed E-state index contributed by atoms with van der Waals surface area (Å²) in [5.41, 5.74) is 3.45. The molecule has 0 radical (unpaired) electrons. The molecular formula is C19H18ClN3O2. The lowest BCUT2D eigenvalue weighted by molar-refractivity contribution is -0.114. The largest absolute Gasteiger partial charge is 0.439 e. The van der Waals surface area contributed by atoms with E-state index < -0.39 is 0 Å². The maximum absolute atomic E-state index is 11.3. The molecule has 0 aliphatic rings. The maximum Gasteiger partial charge on any atom is 0.221 e. The standard InChI is InChI=1S/C19H18ClN3O2/c1-12-16(8-5-9-17(12)23-13(2)24)21-11-19-22-10-18(25-19)14-6-3-4-7-15(14)20/h3-10,21H,11H2,1-2H3,(H,23,24). The van der Waals surface area contributed by atoms with Crippen LogP contribution >= 0.6 is 11.6 Å². The van der Waals surface area contributed by atoms with E-state index >= 15 is 0 Å². The number of aromatic nitrogens is 1. The fourth-order valence-corrected chi connectivity index (χ4v) is 2.73. The van der Waals surface area contributed by atoms with E-state index in [9.17, 15) is 4.79 Å². The molecule has 0 saturated heterocycles. The zero-order chi connectivity index (χ0) is 17.8. The molecule has 0 fully saturated rings. The molecule has 0 unspecified atom stereocenters. The van der Waals surface area contributed by atoms with E-state index in [2.05, 4.69) is 15.6 Å². The fourth-order valence-electron chi connectivity index (χ4n) is 2.50. The Bertz CT molecular complexity index is 905. The van der Waals surface area contributed by atoms with Gasteiger partial charge in [0.2, 0.25) is 11.8 Å². The van der Waals surface area contributed by atoms with Crippen LogP contribution in [0.1, 0.15) is 18.4 Å². The van der Waals surface area contributed by atoms with Crippen LogP contribution in [0.4, 0.5) is 11.4 Å². The Morgan fingerprint density at radius 1 is 1.16 bits per heavy atom. The molecule has 2 aromatic carbocycles. The molecular weight excluding hydrogens is 338 g/mol. The van der Waals surface area contributed by atoms with Crippen molar-refractivity contribution in [2.24, 2.45) is 0 Å². The number of hydrogen-bond donors (Lipinski definition) is 2. The molecule has 6 heteroatoms. The lowest BCUT2D eigenvalue weighted by atomic mass is 10.1. The van der Waals surface area contributed by atoms with Crippen LogP contribution in [0.25, 0.3) is 11.3 Å². The van der Waals surface area contributed by atoms with Gasteiger partial charge in [0.15, 0.2) is 5.76 Å². The molecule has 2 N–H and O–H groups in total. The van der Waals surface area contributed by atoms with E-state index in [1.807, 2.05) is 49.4 Å². The van der Waals surface area contributed by atoms with E-state index in [0.29, 0.717) is 23.2 Å². The van der Waals surface area contributed by atoms with Gasteiger partial charge in [0.25, 0.3) is 0 Å². The Hall–Kier alpha value is -2.79. The average Bonchev–Trinajstić information content (AvgIpc) is 3.04. The van der Waals surface area contributed by atoms with Gasteiger partial charge in [0.1, 0.15) is 0 Å². The monoisotopic (exact) mass is 355 g/mol. The Kier molecular flexibility index (Phi) is 5.05. The van der Waals surface area contributed by atoms with Gasteiger partial charge in [-0.3, -0.25) is 4.79 Å². The summed E-state index contributed by atoms with van der Waals surface area (Å²) in [7, 11) is 0. The zero-order valence-electron chi connectivity index (χ0n) is 14.0. The summed E-state index contributed by atoms with van der Waals surface area (Å²) in [4.78, 5) is 15.5. The van der Waals surface area contributed by atoms with Crippen LogP contribution in [0.2, 0.25) is 5.02 Å². The van der Waals surface area contributed by atoms with Crippen molar-refractivity contribution in [2.45, 2.75) is 20.4 Å². The van der Waals surface area contributed by atoms with E-state index in [4.69, 9.17) is 16.0 Å². The minimum Gasteiger partial charge on any atom is -0.439 e. The first-order valence-electron chi connectivity index (χ1n) is 7.85. The van der Waals surface area contributed by atoms with E-state index in [-0.39, 0.29) is 5.91 Å². The van der Waals surface area contributed by atoms with Crippen molar-refractivity contribution in [3.63, 3.8) is 0 Å². The summed E-state index contributed by atoms with van der Waals surface area (Å²) >= 11 is 6.18. The van der Waals surface area contributed by atoms with Crippen molar-refractivity contribution < 1.29 is 9.21 Å². The van der Waals surface area contributed by atoms with E-state index in [1.165, 1.54) is 6.92 Å². The first-order chi connectivity index (χ1) is 12.0. The maximum atomic E-state index is 11.3. The van der Waals surface area contributed by atoms with Crippen molar-refractivity contribution in [3.05, 3.63) is 65.1 Å². The normalized spacial score (nSPS) is 10.5. The summed E-state index contributed by atoms with van der Waals surface area (Å²) in [6, 6.07) is 13.2. The third-order valence-electron chi connectivity index (χ3n) is 3.77. The lowest BCUT2D eigenvalue weighted by Gasteiger charge is -2.12. The quantitative estimate of drug-likeness (QED) is 0.684. The number of carbonyl (C=O) groups excluding carboxylic acids is 1. The van der Waals surface area contributed by atoms with Crippen LogP contribution in [0.15, 0.2) is 53.1 Å². The molecule has 1 amide bonds. The number of nitrogens with zero attached hydrogens (tertiary/aromatic N) is 1. The highest BCUT2D eigenvalue weighted by atomic mass is 35.5. The van der Waals surface area contributed by atoms with Gasteiger partial charge in [-0.1, -0.05) is 29.8 Å². The Balaban J connectivity index is 1.73. The van der Waals surface area contributed by atoms with Crippen LogP contribution < -0.4 is 10.6 Å². The summed E-state index contributed by atoms with van der Waals surface area (Å²) in [5, 5.41) is 6.71. The molecule has 0 bridgehead atoms. The van der Waals surface area contributed by atoms with Crippen molar-refractivity contribution in [1.29, 1.82) is 0 Å². The van der Waals surface area contributed by atoms with Crippen LogP contribution in [0.5, 0.6) is 0 Å². The van der Waals surface area contributed by atoms with Crippen LogP contribution in [-0.2, 0) is 11.3 Å². The second kappa shape index (κ2) is 7.40. The van der Waals surface area contributed by atoms with Gasteiger partial charge in [-0.25, -0.2) is 4.98 Å². The Labute approximate surface area is 151 Å². The Morgan fingerprint density at radius 2 is 1.92 bits per heavy atom. The highest BCUT2D eigenvalue weighted by Crippen LogP contribution is 2.28. The van der Waals surface area contributed by atoms with Gasteiger partial charge >= 0.3 is 0 Å². The summed E-state index contributed by atoms with van der Waals surface area (Å²) in [6.07, 6.45) is 1.67. The fraction of sp³-hybridized carbons (Fsp3) is 0.158. The van der Waals surface area contributed by atoms with E-state index in [0.717, 1.165) is 22.5 Å². The topological polar surface area (TPSA) is 67.2 Å². The number of nitrogens with one attached hydrogen (secondary N) is 2. The molecule has 128 valence electrons. The van der Waals surface area contributed by atoms with Gasteiger partial charge in [-0.15, -0.1) is 0 Å². The molecule has 3 aromatic rings. The number of carbonyl (C=O) groups is 1. The summed E-state index contributed by atoms with van der Waals surface area (Å²) in [6.45, 7) is 3.86. The van der Waals surface area contributed by atoms with Crippen LogP contribution in [0, 0.1) is 6.92 Å². The molecule has 5 nitrogen and oxygen atoms in total. The predicted octanol–water partition coefficient (Wildman–Crippen LogP) is 4.87. The van der Waals surface area contributed by atoms with Crippen LogP contribution in [0.3, 0.4) is 0 Å². The molecule has 0 spiro atoms. The molecule has 1 heterocycles. The predicted molar refractivity (Wildman–Crippen MR) is 99.8 cm³/mol. The van der Waals surface area contributed by atoms with Gasteiger partial charge < -0.3 is 15.1 Å². The minimum atomic E-state index is -0.0997. The van der Waals surface area contributed by atoms with Crippen molar-refractivity contribution in [2.75, 3.05) is 10.6 Å². The first-order valence-corrected chi connectivity index (χ1v) is 8.23. The third-order valence-corrected chi connectivity index (χ3v) is 4.10. The smallest absolute Gasteiger partial charge is 0.221 e. The zero-order valence-corrected chi connectivity index (χ0v) is 14.7. The van der Waals surface area contributed by atoms with Gasteiger partial charge in [-0.05, 0) is 36.8 Å². The highest BCUT2D eigenvalue weighted by Gasteiger charge is 2.10. The number of anilines is 2. The molecule has 0 atom stereocenters. The summed E-state index contributed by atoms with van der Waals surface area (Å²) < 4.78 is 5.78. The van der Waals surface area contributed by atoms with Gasteiger partial charge in [0.05, 0.1) is 17.8 Å². The second-order valence-corrected chi connectivity index (χ2v) is 6.02. The second-order valence-electron chi connectivity index (χ2n) is 5.61. The molecule has 3 rings (SSSR count). The third kappa shape index (κ3) is 4.00. The first kappa shape index (κ1) is 17.0. The molecule has 0 aliphatic heterocycles. The van der Waals surface area contributed by atoms with Crippen molar-refractivity contribution in [3.8, 4) is 11.3 Å². The molecule has 25 heavy (non-hydrogen) atoms. The Morgan fingerprint density at radius 3 is 2.68 bits per heavy atom. The van der Waals surface area contributed by atoms with E-state index in [1.54, 1.807) is 6.20 Å². The number of halogens is 1. The van der Waals surface area contributed by atoms with Crippen LogP contribution in [-0.4, -0.2) is 10.9 Å². The van der Waals surface area contributed by atoms with Gasteiger partial charge in [0, 0.05) is 23.9 Å². The number of hydrogen-bond acceptors (Lipinski definition) is 4. The number of oxazole rings is 1. The van der Waals surface area contributed by atoms with Crippen molar-refractivity contribution in [1.82, 2.24) is 4.98 Å².